The molecule has 1 atom stereocenters. The largest absolute Gasteiger partial charge is 0.489 e. The first-order chi connectivity index (χ1) is 13.1. The van der Waals surface area contributed by atoms with Crippen LogP contribution in [0.25, 0.3) is 0 Å². The first-order valence-electron chi connectivity index (χ1n) is 9.36. The van der Waals surface area contributed by atoms with Gasteiger partial charge in [0.15, 0.2) is 0 Å². The number of halogens is 3. The molecular formula is C21H25Cl3N2O. The molecule has 0 spiro atoms. The zero-order valence-corrected chi connectivity index (χ0v) is 17.7. The smallest absolute Gasteiger partial charge is 0.124 e. The van der Waals surface area contributed by atoms with Crippen LogP contribution in [-0.2, 0) is 13.2 Å². The number of nitrogens with zero attached hydrogens (tertiary/aromatic N) is 1. The third-order valence-corrected chi connectivity index (χ3v) is 5.84. The molecule has 2 aromatic carbocycles. The molecule has 0 aliphatic carbocycles. The van der Waals surface area contributed by atoms with Crippen molar-refractivity contribution in [2.24, 2.45) is 0 Å². The van der Waals surface area contributed by atoms with E-state index in [1.165, 1.54) is 19.4 Å². The Bertz CT molecular complexity index is 769. The zero-order chi connectivity index (χ0) is 19.2. The van der Waals surface area contributed by atoms with Gasteiger partial charge in [0.2, 0.25) is 0 Å². The Morgan fingerprint density at radius 1 is 1.07 bits per heavy atom. The number of hydrogen-bond donors (Lipinski definition) is 1. The van der Waals surface area contributed by atoms with Crippen molar-refractivity contribution in [3.8, 4) is 5.75 Å². The molecule has 0 saturated carbocycles. The molecular weight excluding hydrogens is 403 g/mol. The summed E-state index contributed by atoms with van der Waals surface area (Å²) < 4.78 is 6.03. The molecule has 1 fully saturated rings. The summed E-state index contributed by atoms with van der Waals surface area (Å²) >= 11 is 18.4. The van der Waals surface area contributed by atoms with Crippen molar-refractivity contribution in [2.75, 3.05) is 19.6 Å². The van der Waals surface area contributed by atoms with E-state index in [-0.39, 0.29) is 0 Å². The first kappa shape index (κ1) is 20.8. The molecule has 1 N–H and O–H groups in total. The van der Waals surface area contributed by atoms with Crippen LogP contribution < -0.4 is 10.1 Å². The second-order valence-corrected chi connectivity index (χ2v) is 8.11. The lowest BCUT2D eigenvalue weighted by atomic mass is 10.1. The Hall–Kier alpha value is -0.970. The van der Waals surface area contributed by atoms with Crippen molar-refractivity contribution in [1.82, 2.24) is 10.2 Å². The molecule has 1 heterocycles. The van der Waals surface area contributed by atoms with E-state index in [4.69, 9.17) is 39.5 Å². The lowest BCUT2D eigenvalue weighted by molar-refractivity contribution is 0.259. The first-order valence-corrected chi connectivity index (χ1v) is 10.5. The van der Waals surface area contributed by atoms with Crippen LogP contribution in [0.15, 0.2) is 36.4 Å². The van der Waals surface area contributed by atoms with Gasteiger partial charge in [-0.1, -0.05) is 47.8 Å². The van der Waals surface area contributed by atoms with Gasteiger partial charge in [0.1, 0.15) is 12.4 Å². The molecule has 1 aliphatic heterocycles. The highest BCUT2D eigenvalue weighted by Gasteiger charge is 2.22. The summed E-state index contributed by atoms with van der Waals surface area (Å²) in [6, 6.07) is 11.8. The van der Waals surface area contributed by atoms with Gasteiger partial charge in [0, 0.05) is 45.3 Å². The number of nitrogens with one attached hydrogen (secondary N) is 1. The fraction of sp³-hybridized carbons (Fsp3) is 0.429. The van der Waals surface area contributed by atoms with Gasteiger partial charge >= 0.3 is 0 Å². The summed E-state index contributed by atoms with van der Waals surface area (Å²) in [5.41, 5.74) is 1.95. The van der Waals surface area contributed by atoms with Crippen molar-refractivity contribution in [2.45, 2.75) is 39.0 Å². The Morgan fingerprint density at radius 3 is 2.63 bits per heavy atom. The second-order valence-electron chi connectivity index (χ2n) is 6.83. The maximum Gasteiger partial charge on any atom is 0.124 e. The molecule has 3 nitrogen and oxygen atoms in total. The minimum Gasteiger partial charge on any atom is -0.489 e. The highest BCUT2D eigenvalue weighted by Crippen LogP contribution is 2.26. The fourth-order valence-electron chi connectivity index (χ4n) is 3.54. The van der Waals surface area contributed by atoms with Gasteiger partial charge in [-0.25, -0.2) is 0 Å². The molecule has 0 amide bonds. The van der Waals surface area contributed by atoms with E-state index >= 15 is 0 Å². The Kier molecular flexibility index (Phi) is 7.68. The van der Waals surface area contributed by atoms with Crippen molar-refractivity contribution >= 4 is 34.8 Å². The summed E-state index contributed by atoms with van der Waals surface area (Å²) in [7, 11) is 0. The standard InChI is InChI=1S/C21H25Cl3N2O/c1-2-26-9-3-4-19(26)13-25-12-16-10-17(22)7-8-21(16)27-14-15-5-6-18(23)11-20(15)24/h5-8,10-11,19,25H,2-4,9,12-14H2,1H3/t19-/m0/s1. The molecule has 0 unspecified atom stereocenters. The molecule has 0 bridgehead atoms. The van der Waals surface area contributed by atoms with E-state index in [1.807, 2.05) is 30.3 Å². The van der Waals surface area contributed by atoms with E-state index in [9.17, 15) is 0 Å². The number of likely N-dealkylation sites (tertiary alicyclic amines) is 1. The van der Waals surface area contributed by atoms with Crippen LogP contribution in [0.5, 0.6) is 5.75 Å². The van der Waals surface area contributed by atoms with Crippen molar-refractivity contribution in [3.05, 3.63) is 62.6 Å². The minimum absolute atomic E-state index is 0.386. The van der Waals surface area contributed by atoms with E-state index in [1.54, 1.807) is 6.07 Å². The van der Waals surface area contributed by atoms with Crippen molar-refractivity contribution < 1.29 is 4.74 Å². The summed E-state index contributed by atoms with van der Waals surface area (Å²) in [6.45, 7) is 6.62. The van der Waals surface area contributed by atoms with Crippen LogP contribution in [0.1, 0.15) is 30.9 Å². The Morgan fingerprint density at radius 2 is 1.85 bits per heavy atom. The van der Waals surface area contributed by atoms with Gasteiger partial charge in [-0.15, -0.1) is 0 Å². The maximum absolute atomic E-state index is 6.24. The number of likely N-dealkylation sites (N-methyl/N-ethyl adjacent to an activating group) is 1. The Balaban J connectivity index is 1.60. The second kappa shape index (κ2) is 9.99. The molecule has 6 heteroatoms. The summed E-state index contributed by atoms with van der Waals surface area (Å²) in [6.07, 6.45) is 2.54. The van der Waals surface area contributed by atoms with Crippen molar-refractivity contribution in [1.29, 1.82) is 0 Å². The van der Waals surface area contributed by atoms with Crippen LogP contribution in [0.4, 0.5) is 0 Å². The summed E-state index contributed by atoms with van der Waals surface area (Å²) in [5, 5.41) is 5.50. The van der Waals surface area contributed by atoms with E-state index in [2.05, 4.69) is 17.1 Å². The van der Waals surface area contributed by atoms with Crippen molar-refractivity contribution in [3.63, 3.8) is 0 Å². The minimum atomic E-state index is 0.386. The average molecular weight is 428 g/mol. The predicted octanol–water partition coefficient (Wildman–Crippen LogP) is 5.80. The van der Waals surface area contributed by atoms with Gasteiger partial charge in [-0.05, 0) is 56.3 Å². The quantitative estimate of drug-likeness (QED) is 0.576. The highest BCUT2D eigenvalue weighted by molar-refractivity contribution is 6.35. The topological polar surface area (TPSA) is 24.5 Å². The Labute approximate surface area is 176 Å². The lowest BCUT2D eigenvalue weighted by Gasteiger charge is -2.23. The predicted molar refractivity (Wildman–Crippen MR) is 114 cm³/mol. The van der Waals surface area contributed by atoms with Crippen LogP contribution in [0.3, 0.4) is 0 Å². The zero-order valence-electron chi connectivity index (χ0n) is 15.5. The highest BCUT2D eigenvalue weighted by atomic mass is 35.5. The molecule has 27 heavy (non-hydrogen) atoms. The maximum atomic E-state index is 6.24. The van der Waals surface area contributed by atoms with Crippen LogP contribution in [-0.4, -0.2) is 30.6 Å². The molecule has 1 saturated heterocycles. The van der Waals surface area contributed by atoms with Crippen LogP contribution in [0.2, 0.25) is 15.1 Å². The fourth-order valence-corrected chi connectivity index (χ4v) is 4.20. The molecule has 0 radical (unpaired) electrons. The van der Waals surface area contributed by atoms with Gasteiger partial charge in [-0.3, -0.25) is 4.90 Å². The average Bonchev–Trinajstić information content (AvgIpc) is 3.10. The lowest BCUT2D eigenvalue weighted by Crippen LogP contribution is -2.37. The van der Waals surface area contributed by atoms with E-state index in [0.717, 1.165) is 36.5 Å². The number of benzene rings is 2. The molecule has 1 aliphatic rings. The molecule has 0 aromatic heterocycles. The van der Waals surface area contributed by atoms with Gasteiger partial charge in [0.25, 0.3) is 0 Å². The van der Waals surface area contributed by atoms with Gasteiger partial charge in [0.05, 0.1) is 0 Å². The monoisotopic (exact) mass is 426 g/mol. The van der Waals surface area contributed by atoms with Gasteiger partial charge in [-0.2, -0.15) is 0 Å². The third-order valence-electron chi connectivity index (χ3n) is 5.02. The SMILES string of the molecule is CCN1CCC[C@H]1CNCc1cc(Cl)ccc1OCc1ccc(Cl)cc1Cl. The normalized spacial score (nSPS) is 17.4. The summed E-state index contributed by atoms with van der Waals surface area (Å²) in [5.74, 6) is 0.816. The third kappa shape index (κ3) is 5.75. The van der Waals surface area contributed by atoms with E-state index in [0.29, 0.717) is 27.7 Å². The summed E-state index contributed by atoms with van der Waals surface area (Å²) in [4.78, 5) is 2.53. The van der Waals surface area contributed by atoms with Gasteiger partial charge < -0.3 is 10.1 Å². The number of rotatable bonds is 8. The van der Waals surface area contributed by atoms with Crippen LogP contribution in [0, 0.1) is 0 Å². The van der Waals surface area contributed by atoms with E-state index < -0.39 is 0 Å². The number of ether oxygens (including phenoxy) is 1. The molecule has 146 valence electrons. The molecule has 2 aromatic rings. The molecule has 3 rings (SSSR count). The number of hydrogen-bond acceptors (Lipinski definition) is 3. The van der Waals surface area contributed by atoms with Crippen LogP contribution >= 0.6 is 34.8 Å².